The molecule has 4 rings (SSSR count). The number of fused-ring (bicyclic) bond motifs is 3. The molecule has 0 saturated heterocycles. The van der Waals surface area contributed by atoms with Crippen molar-refractivity contribution >= 4 is 7.69 Å². The fourth-order valence-corrected chi connectivity index (χ4v) is 3.79. The summed E-state index contributed by atoms with van der Waals surface area (Å²) in [7, 11) is -0.304. The number of hydrogen-bond acceptors (Lipinski definition) is 2. The summed E-state index contributed by atoms with van der Waals surface area (Å²) in [5.41, 5.74) is 7.53. The van der Waals surface area contributed by atoms with Crippen LogP contribution in [0.1, 0.15) is 25.0 Å². The smallest absolute Gasteiger partial charge is 0.504 e. The summed E-state index contributed by atoms with van der Waals surface area (Å²) in [5.74, 6) is 0.707. The van der Waals surface area contributed by atoms with E-state index in [1.165, 1.54) is 33.4 Å². The first-order chi connectivity index (χ1) is 11.6. The summed E-state index contributed by atoms with van der Waals surface area (Å²) in [4.78, 5) is 0. The van der Waals surface area contributed by atoms with Gasteiger partial charge in [0.15, 0.2) is 0 Å². The molecule has 2 nitrogen and oxygen atoms in total. The van der Waals surface area contributed by atoms with Crippen LogP contribution in [-0.4, -0.2) is 12.7 Å². The topological polar surface area (TPSA) is 29.5 Å². The molecule has 0 heterocycles. The number of benzene rings is 3. The lowest BCUT2D eigenvalue weighted by Gasteiger charge is -2.22. The second-order valence-corrected chi connectivity index (χ2v) is 6.70. The maximum Gasteiger partial charge on any atom is 0.504 e. The van der Waals surface area contributed by atoms with Gasteiger partial charge >= 0.3 is 7.69 Å². The van der Waals surface area contributed by atoms with Crippen LogP contribution in [0.5, 0.6) is 5.75 Å². The Balaban J connectivity index is 1.98. The predicted molar refractivity (Wildman–Crippen MR) is 99.4 cm³/mol. The van der Waals surface area contributed by atoms with Crippen molar-refractivity contribution in [1.82, 2.24) is 0 Å². The molecule has 0 bridgehead atoms. The average molecular weight is 314 g/mol. The van der Waals surface area contributed by atoms with Gasteiger partial charge in [-0.25, -0.2) is 0 Å². The minimum Gasteiger partial charge on any atom is -0.539 e. The van der Waals surface area contributed by atoms with E-state index < -0.39 is 0 Å². The maximum absolute atomic E-state index is 9.04. The third-order valence-corrected chi connectivity index (χ3v) is 4.99. The Bertz CT molecular complexity index is 901. The van der Waals surface area contributed by atoms with Gasteiger partial charge in [0.25, 0.3) is 0 Å². The van der Waals surface area contributed by atoms with Gasteiger partial charge in [0.1, 0.15) is 5.75 Å². The molecule has 0 atom stereocenters. The van der Waals surface area contributed by atoms with Gasteiger partial charge in [-0.2, -0.15) is 0 Å². The minimum atomic E-state index is -0.304. The molecule has 1 N–H and O–H groups in total. The van der Waals surface area contributed by atoms with Crippen molar-refractivity contribution in [3.05, 3.63) is 77.9 Å². The second kappa shape index (κ2) is 5.54. The van der Waals surface area contributed by atoms with Gasteiger partial charge in [0, 0.05) is 5.41 Å². The van der Waals surface area contributed by atoms with E-state index in [0.717, 1.165) is 0 Å². The van der Waals surface area contributed by atoms with Crippen molar-refractivity contribution < 1.29 is 9.68 Å². The Labute approximate surface area is 143 Å². The highest BCUT2D eigenvalue weighted by Gasteiger charge is 2.37. The maximum atomic E-state index is 9.04. The molecule has 0 unspecified atom stereocenters. The van der Waals surface area contributed by atoms with E-state index in [9.17, 15) is 0 Å². The second-order valence-electron chi connectivity index (χ2n) is 6.70. The highest BCUT2D eigenvalue weighted by atomic mass is 16.5. The highest BCUT2D eigenvalue weighted by Crippen LogP contribution is 2.52. The largest absolute Gasteiger partial charge is 0.539 e. The number of hydrogen-bond donors (Lipinski definition) is 1. The fraction of sp³-hybridized carbons (Fsp3) is 0.143. The third-order valence-electron chi connectivity index (χ3n) is 4.99. The van der Waals surface area contributed by atoms with Gasteiger partial charge in [0.05, 0.1) is 0 Å². The molecular formula is C21H19BO2. The van der Waals surface area contributed by atoms with Crippen LogP contribution in [0.15, 0.2) is 66.7 Å². The summed E-state index contributed by atoms with van der Waals surface area (Å²) < 4.78 is 5.29. The average Bonchev–Trinajstić information content (AvgIpc) is 2.84. The lowest BCUT2D eigenvalue weighted by atomic mass is 9.82. The Kier molecular flexibility index (Phi) is 3.47. The van der Waals surface area contributed by atoms with Crippen molar-refractivity contribution in [1.29, 1.82) is 0 Å². The van der Waals surface area contributed by atoms with E-state index in [-0.39, 0.29) is 13.1 Å². The van der Waals surface area contributed by atoms with E-state index in [0.29, 0.717) is 5.75 Å². The molecule has 1 aliphatic carbocycles. The Morgan fingerprint density at radius 3 is 2.38 bits per heavy atom. The molecule has 0 saturated carbocycles. The summed E-state index contributed by atoms with van der Waals surface area (Å²) >= 11 is 0. The van der Waals surface area contributed by atoms with Crippen LogP contribution >= 0.6 is 0 Å². The summed E-state index contributed by atoms with van der Waals surface area (Å²) in [5, 5.41) is 9.04. The van der Waals surface area contributed by atoms with Gasteiger partial charge in [-0.05, 0) is 45.5 Å². The molecule has 118 valence electrons. The van der Waals surface area contributed by atoms with Gasteiger partial charge in [-0.15, -0.1) is 0 Å². The molecule has 0 aromatic heterocycles. The van der Waals surface area contributed by atoms with Crippen LogP contribution in [-0.2, 0) is 5.41 Å². The van der Waals surface area contributed by atoms with E-state index in [4.69, 9.17) is 9.68 Å². The molecular weight excluding hydrogens is 295 g/mol. The lowest BCUT2D eigenvalue weighted by molar-refractivity contribution is 0.453. The highest BCUT2D eigenvalue weighted by molar-refractivity contribution is 6.17. The van der Waals surface area contributed by atoms with E-state index in [1.54, 1.807) is 0 Å². The van der Waals surface area contributed by atoms with Crippen LogP contribution in [0.3, 0.4) is 0 Å². The molecule has 3 aromatic carbocycles. The predicted octanol–water partition coefficient (Wildman–Crippen LogP) is 4.30. The van der Waals surface area contributed by atoms with Crippen LogP contribution < -0.4 is 4.65 Å². The summed E-state index contributed by atoms with van der Waals surface area (Å²) in [6, 6.07) is 23.2. The molecule has 3 aromatic rings. The molecule has 0 spiro atoms. The Morgan fingerprint density at radius 1 is 0.833 bits per heavy atom. The standard InChI is InChI=1S/C21H19BO2/c1-21(2)18-10-6-9-16(14-7-4-3-5-8-14)20(18)17-12-11-15(24-22-23)13-19(17)21/h3-13,22-23H,1-2H3. The third kappa shape index (κ3) is 2.16. The first kappa shape index (κ1) is 15.0. The van der Waals surface area contributed by atoms with Crippen molar-refractivity contribution in [2.75, 3.05) is 0 Å². The van der Waals surface area contributed by atoms with Crippen molar-refractivity contribution in [2.45, 2.75) is 19.3 Å². The zero-order valence-corrected chi connectivity index (χ0v) is 13.9. The fourth-order valence-electron chi connectivity index (χ4n) is 3.79. The van der Waals surface area contributed by atoms with E-state index in [1.807, 2.05) is 12.1 Å². The Morgan fingerprint density at radius 2 is 1.62 bits per heavy atom. The molecule has 24 heavy (non-hydrogen) atoms. The zero-order valence-electron chi connectivity index (χ0n) is 13.9. The normalized spacial score (nSPS) is 14.0. The molecule has 0 radical (unpaired) electrons. The SMILES string of the molecule is CC1(C)c2cc(OBO)ccc2-c2c(-c3ccccc3)cccc21. The summed E-state index contributed by atoms with van der Waals surface area (Å²) in [6.07, 6.45) is 0. The first-order valence-electron chi connectivity index (χ1n) is 8.20. The van der Waals surface area contributed by atoms with Crippen LogP contribution in [0, 0.1) is 0 Å². The quantitative estimate of drug-likeness (QED) is 0.731. The monoisotopic (exact) mass is 314 g/mol. The van der Waals surface area contributed by atoms with Gasteiger partial charge in [-0.3, -0.25) is 0 Å². The van der Waals surface area contributed by atoms with Gasteiger partial charge < -0.3 is 9.68 Å². The molecule has 1 aliphatic rings. The number of rotatable bonds is 3. The molecule has 0 aliphatic heterocycles. The lowest BCUT2D eigenvalue weighted by Crippen LogP contribution is -2.15. The van der Waals surface area contributed by atoms with Crippen LogP contribution in [0.4, 0.5) is 0 Å². The van der Waals surface area contributed by atoms with E-state index in [2.05, 4.69) is 68.4 Å². The van der Waals surface area contributed by atoms with Crippen molar-refractivity contribution in [3.63, 3.8) is 0 Å². The molecule has 0 amide bonds. The molecule has 0 fully saturated rings. The van der Waals surface area contributed by atoms with Crippen molar-refractivity contribution in [2.24, 2.45) is 0 Å². The van der Waals surface area contributed by atoms with Crippen molar-refractivity contribution in [3.8, 4) is 28.0 Å². The Hall–Kier alpha value is -2.52. The summed E-state index contributed by atoms with van der Waals surface area (Å²) in [6.45, 7) is 4.49. The van der Waals surface area contributed by atoms with Gasteiger partial charge in [0.2, 0.25) is 0 Å². The van der Waals surface area contributed by atoms with Gasteiger partial charge in [-0.1, -0.05) is 68.4 Å². The first-order valence-corrected chi connectivity index (χ1v) is 8.20. The molecule has 3 heteroatoms. The van der Waals surface area contributed by atoms with Crippen LogP contribution in [0.25, 0.3) is 22.3 Å². The minimum absolute atomic E-state index is 0.0930. The van der Waals surface area contributed by atoms with E-state index >= 15 is 0 Å². The zero-order chi connectivity index (χ0) is 16.7. The van der Waals surface area contributed by atoms with Crippen LogP contribution in [0.2, 0.25) is 0 Å².